The zero-order valence-electron chi connectivity index (χ0n) is 15.9. The molecule has 1 aliphatic heterocycles. The van der Waals surface area contributed by atoms with Crippen LogP contribution in [0.15, 0.2) is 66.7 Å². The van der Waals surface area contributed by atoms with E-state index in [9.17, 15) is 4.79 Å². The molecule has 0 spiro atoms. The highest BCUT2D eigenvalue weighted by atomic mass is 35.5. The molecule has 0 aliphatic carbocycles. The van der Waals surface area contributed by atoms with Gasteiger partial charge in [0.2, 0.25) is 0 Å². The Hall–Kier alpha value is -2.72. The normalized spacial score (nSPS) is 15.5. The molecule has 1 unspecified atom stereocenters. The summed E-state index contributed by atoms with van der Waals surface area (Å²) in [7, 11) is 0. The largest absolute Gasteiger partial charge is 0.368 e. The maximum atomic E-state index is 12.8. The molecule has 1 saturated heterocycles. The van der Waals surface area contributed by atoms with Crippen molar-refractivity contribution in [3.8, 4) is 0 Å². The SMILES string of the molecule is CC(NC(=O)N1CCN(c2cccc(Cl)c2)CC1)c1cccc2ccccc12. The number of nitrogens with zero attached hydrogens (tertiary/aromatic N) is 2. The Bertz CT molecular complexity index is 977. The number of benzene rings is 3. The Morgan fingerprint density at radius 3 is 2.46 bits per heavy atom. The number of rotatable bonds is 3. The molecule has 3 aromatic rings. The lowest BCUT2D eigenvalue weighted by atomic mass is 10.00. The lowest BCUT2D eigenvalue weighted by Gasteiger charge is -2.36. The molecular weight excluding hydrogens is 370 g/mol. The van der Waals surface area contributed by atoms with E-state index in [1.807, 2.05) is 48.2 Å². The van der Waals surface area contributed by atoms with Crippen molar-refractivity contribution in [2.75, 3.05) is 31.1 Å². The zero-order valence-corrected chi connectivity index (χ0v) is 16.7. The molecule has 0 saturated carbocycles. The van der Waals surface area contributed by atoms with Gasteiger partial charge in [0.25, 0.3) is 0 Å². The predicted octanol–water partition coefficient (Wildman–Crippen LogP) is 5.09. The number of hydrogen-bond donors (Lipinski definition) is 1. The number of halogens is 1. The van der Waals surface area contributed by atoms with E-state index >= 15 is 0 Å². The minimum absolute atomic E-state index is 0.00817. The Balaban J connectivity index is 1.39. The second-order valence-electron chi connectivity index (χ2n) is 7.19. The lowest BCUT2D eigenvalue weighted by Crippen LogP contribution is -2.52. The average molecular weight is 394 g/mol. The fourth-order valence-corrected chi connectivity index (χ4v) is 4.01. The van der Waals surface area contributed by atoms with Gasteiger partial charge in [0, 0.05) is 36.9 Å². The highest BCUT2D eigenvalue weighted by Gasteiger charge is 2.23. The van der Waals surface area contributed by atoms with E-state index in [0.29, 0.717) is 13.1 Å². The van der Waals surface area contributed by atoms with Crippen LogP contribution in [-0.2, 0) is 0 Å². The Labute approximate surface area is 170 Å². The van der Waals surface area contributed by atoms with Gasteiger partial charge in [-0.05, 0) is 41.5 Å². The van der Waals surface area contributed by atoms with Gasteiger partial charge in [0.1, 0.15) is 0 Å². The van der Waals surface area contributed by atoms with Crippen molar-refractivity contribution < 1.29 is 4.79 Å². The standard InChI is InChI=1S/C23H24ClN3O/c1-17(21-11-4-7-18-6-2-3-10-22(18)21)25-23(28)27-14-12-26(13-15-27)20-9-5-8-19(24)16-20/h2-11,16-17H,12-15H2,1H3,(H,25,28). The summed E-state index contributed by atoms with van der Waals surface area (Å²) < 4.78 is 0. The van der Waals surface area contributed by atoms with Gasteiger partial charge < -0.3 is 15.1 Å². The van der Waals surface area contributed by atoms with Gasteiger partial charge in [-0.3, -0.25) is 0 Å². The van der Waals surface area contributed by atoms with E-state index in [0.717, 1.165) is 29.4 Å². The number of carbonyl (C=O) groups excluding carboxylic acids is 1. The summed E-state index contributed by atoms with van der Waals surface area (Å²) in [4.78, 5) is 16.9. The minimum atomic E-state index is -0.0513. The molecule has 1 aliphatic rings. The molecule has 1 heterocycles. The van der Waals surface area contributed by atoms with Crippen molar-refractivity contribution in [2.45, 2.75) is 13.0 Å². The highest BCUT2D eigenvalue weighted by Crippen LogP contribution is 2.25. The summed E-state index contributed by atoms with van der Waals surface area (Å²) in [6.45, 7) is 5.04. The Kier molecular flexibility index (Phi) is 5.40. The van der Waals surface area contributed by atoms with Crippen LogP contribution in [0.4, 0.5) is 10.5 Å². The molecule has 3 aromatic carbocycles. The third kappa shape index (κ3) is 3.92. The molecule has 0 bridgehead atoms. The number of fused-ring (bicyclic) bond motifs is 1. The third-order valence-electron chi connectivity index (χ3n) is 5.37. The molecule has 144 valence electrons. The molecule has 1 N–H and O–H groups in total. The number of amides is 2. The van der Waals surface area contributed by atoms with Crippen LogP contribution in [0.3, 0.4) is 0 Å². The van der Waals surface area contributed by atoms with Crippen LogP contribution in [0.2, 0.25) is 5.02 Å². The first-order chi connectivity index (χ1) is 13.6. The second kappa shape index (κ2) is 8.11. The first-order valence-electron chi connectivity index (χ1n) is 9.65. The summed E-state index contributed by atoms with van der Waals surface area (Å²) in [5.41, 5.74) is 2.25. The maximum Gasteiger partial charge on any atom is 0.317 e. The minimum Gasteiger partial charge on any atom is -0.368 e. The first-order valence-corrected chi connectivity index (χ1v) is 10.0. The number of hydrogen-bond acceptors (Lipinski definition) is 2. The summed E-state index contributed by atoms with van der Waals surface area (Å²) in [5.74, 6) is 0. The topological polar surface area (TPSA) is 35.6 Å². The number of piperazine rings is 1. The molecule has 4 rings (SSSR count). The summed E-state index contributed by atoms with van der Waals surface area (Å²) in [5, 5.41) is 6.28. The van der Waals surface area contributed by atoms with E-state index in [2.05, 4.69) is 40.5 Å². The summed E-state index contributed by atoms with van der Waals surface area (Å²) in [6.07, 6.45) is 0. The van der Waals surface area contributed by atoms with E-state index < -0.39 is 0 Å². The fourth-order valence-electron chi connectivity index (χ4n) is 3.82. The van der Waals surface area contributed by atoms with Crippen LogP contribution < -0.4 is 10.2 Å². The number of carbonyl (C=O) groups is 1. The van der Waals surface area contributed by atoms with Crippen LogP contribution in [-0.4, -0.2) is 37.1 Å². The van der Waals surface area contributed by atoms with Crippen molar-refractivity contribution >= 4 is 34.1 Å². The maximum absolute atomic E-state index is 12.8. The van der Waals surface area contributed by atoms with Crippen molar-refractivity contribution in [3.05, 3.63) is 77.3 Å². The summed E-state index contributed by atoms with van der Waals surface area (Å²) in [6, 6.07) is 22.3. The van der Waals surface area contributed by atoms with E-state index in [4.69, 9.17) is 11.6 Å². The summed E-state index contributed by atoms with van der Waals surface area (Å²) >= 11 is 6.10. The molecule has 0 aromatic heterocycles. The van der Waals surface area contributed by atoms with Gasteiger partial charge in [-0.25, -0.2) is 4.79 Å². The quantitative estimate of drug-likeness (QED) is 0.673. The van der Waals surface area contributed by atoms with Crippen LogP contribution in [0.5, 0.6) is 0 Å². The van der Waals surface area contributed by atoms with Gasteiger partial charge in [0.15, 0.2) is 0 Å². The van der Waals surface area contributed by atoms with E-state index in [1.54, 1.807) is 0 Å². The molecule has 28 heavy (non-hydrogen) atoms. The lowest BCUT2D eigenvalue weighted by molar-refractivity contribution is 0.191. The van der Waals surface area contributed by atoms with Gasteiger partial charge in [0.05, 0.1) is 6.04 Å². The second-order valence-corrected chi connectivity index (χ2v) is 7.63. The third-order valence-corrected chi connectivity index (χ3v) is 5.61. The van der Waals surface area contributed by atoms with Crippen molar-refractivity contribution in [1.82, 2.24) is 10.2 Å². The van der Waals surface area contributed by atoms with Crippen LogP contribution in [0, 0.1) is 0 Å². The zero-order chi connectivity index (χ0) is 19.5. The molecule has 4 nitrogen and oxygen atoms in total. The predicted molar refractivity (Wildman–Crippen MR) is 116 cm³/mol. The van der Waals surface area contributed by atoms with Crippen molar-refractivity contribution in [2.24, 2.45) is 0 Å². The van der Waals surface area contributed by atoms with Crippen molar-refractivity contribution in [3.63, 3.8) is 0 Å². The average Bonchev–Trinajstić information content (AvgIpc) is 2.73. The van der Waals surface area contributed by atoms with E-state index in [1.165, 1.54) is 10.8 Å². The Morgan fingerprint density at radius 2 is 1.68 bits per heavy atom. The number of anilines is 1. The van der Waals surface area contributed by atoms with Gasteiger partial charge in [-0.1, -0.05) is 60.1 Å². The molecule has 1 fully saturated rings. The van der Waals surface area contributed by atoms with Crippen LogP contribution in [0.25, 0.3) is 10.8 Å². The molecule has 1 atom stereocenters. The number of nitrogens with one attached hydrogen (secondary N) is 1. The molecular formula is C23H24ClN3O. The fraction of sp³-hybridized carbons (Fsp3) is 0.261. The van der Waals surface area contributed by atoms with Crippen molar-refractivity contribution in [1.29, 1.82) is 0 Å². The van der Waals surface area contributed by atoms with Gasteiger partial charge >= 0.3 is 6.03 Å². The smallest absolute Gasteiger partial charge is 0.317 e. The monoisotopic (exact) mass is 393 g/mol. The van der Waals surface area contributed by atoms with Gasteiger partial charge in [-0.15, -0.1) is 0 Å². The first kappa shape index (κ1) is 18.6. The Morgan fingerprint density at radius 1 is 0.964 bits per heavy atom. The van der Waals surface area contributed by atoms with Crippen LogP contribution in [0.1, 0.15) is 18.5 Å². The number of urea groups is 1. The van der Waals surface area contributed by atoms with Crippen LogP contribution >= 0.6 is 11.6 Å². The molecule has 5 heteroatoms. The highest BCUT2D eigenvalue weighted by molar-refractivity contribution is 6.30. The molecule has 2 amide bonds. The van der Waals surface area contributed by atoms with E-state index in [-0.39, 0.29) is 12.1 Å². The molecule has 0 radical (unpaired) electrons. The van der Waals surface area contributed by atoms with Gasteiger partial charge in [-0.2, -0.15) is 0 Å².